The molecule has 1 aromatic rings. The molecule has 2 saturated heterocycles. The van der Waals surface area contributed by atoms with Crippen LogP contribution in [0.4, 0.5) is 0 Å². The van der Waals surface area contributed by atoms with Crippen molar-refractivity contribution < 1.29 is 4.74 Å². The van der Waals surface area contributed by atoms with Gasteiger partial charge in [-0.25, -0.2) is 4.99 Å². The second kappa shape index (κ2) is 9.83. The third-order valence-corrected chi connectivity index (χ3v) is 6.66. The molecule has 3 rings (SSSR count). The standard InChI is InChI=1S/C19H29ClN4OS/c1-2-21-18(22-13-16-5-3-4-6-17(16)20)23-14-19(7-12-26-15-19)24-8-10-25-11-9-24/h3-6H,2,7-15H2,1H3,(H2,21,22,23). The summed E-state index contributed by atoms with van der Waals surface area (Å²) in [5.41, 5.74) is 1.25. The summed E-state index contributed by atoms with van der Waals surface area (Å²) in [4.78, 5) is 7.35. The van der Waals surface area contributed by atoms with Gasteiger partial charge in [0.1, 0.15) is 0 Å². The van der Waals surface area contributed by atoms with Crippen molar-refractivity contribution in [2.75, 3.05) is 50.9 Å². The zero-order valence-electron chi connectivity index (χ0n) is 15.5. The highest BCUT2D eigenvalue weighted by Crippen LogP contribution is 2.33. The van der Waals surface area contributed by atoms with Crippen molar-refractivity contribution in [3.05, 3.63) is 34.9 Å². The molecule has 0 radical (unpaired) electrons. The first kappa shape index (κ1) is 19.8. The molecule has 2 fully saturated rings. The fourth-order valence-corrected chi connectivity index (χ4v) is 5.19. The molecule has 0 aromatic heterocycles. The van der Waals surface area contributed by atoms with E-state index < -0.39 is 0 Å². The minimum Gasteiger partial charge on any atom is -0.379 e. The summed E-state index contributed by atoms with van der Waals surface area (Å²) >= 11 is 8.31. The van der Waals surface area contributed by atoms with Crippen molar-refractivity contribution in [3.63, 3.8) is 0 Å². The molecule has 0 saturated carbocycles. The molecule has 0 aliphatic carbocycles. The number of thioether (sulfide) groups is 1. The first-order valence-electron chi connectivity index (χ1n) is 9.40. The van der Waals surface area contributed by atoms with Gasteiger partial charge in [0.15, 0.2) is 5.96 Å². The van der Waals surface area contributed by atoms with E-state index in [0.717, 1.165) is 55.9 Å². The lowest BCUT2D eigenvalue weighted by Crippen LogP contribution is -2.60. The van der Waals surface area contributed by atoms with Gasteiger partial charge in [0.25, 0.3) is 0 Å². The first-order valence-corrected chi connectivity index (χ1v) is 10.9. The molecule has 0 amide bonds. The van der Waals surface area contributed by atoms with Crippen molar-refractivity contribution >= 4 is 29.3 Å². The third kappa shape index (κ3) is 5.06. The minimum absolute atomic E-state index is 0.203. The van der Waals surface area contributed by atoms with Crippen LogP contribution in [0, 0.1) is 0 Å². The largest absolute Gasteiger partial charge is 0.379 e. The Balaban J connectivity index is 1.64. The summed E-state index contributed by atoms with van der Waals surface area (Å²) in [6.45, 7) is 8.15. The topological polar surface area (TPSA) is 48.9 Å². The summed E-state index contributed by atoms with van der Waals surface area (Å²) in [6.07, 6.45) is 1.22. The lowest BCUT2D eigenvalue weighted by atomic mass is 9.95. The predicted molar refractivity (Wildman–Crippen MR) is 111 cm³/mol. The predicted octanol–water partition coefficient (Wildman–Crippen LogP) is 2.60. The summed E-state index contributed by atoms with van der Waals surface area (Å²) in [7, 11) is 0. The Kier molecular flexibility index (Phi) is 7.49. The molecule has 26 heavy (non-hydrogen) atoms. The Morgan fingerprint density at radius 3 is 2.81 bits per heavy atom. The SMILES string of the molecule is CCNC(=NCc1ccccc1Cl)NCC1(N2CCOCC2)CCSC1. The van der Waals surface area contributed by atoms with Crippen molar-refractivity contribution in [2.45, 2.75) is 25.4 Å². The number of halogens is 1. The first-order chi connectivity index (χ1) is 12.7. The molecule has 2 heterocycles. The summed E-state index contributed by atoms with van der Waals surface area (Å²) < 4.78 is 5.55. The summed E-state index contributed by atoms with van der Waals surface area (Å²) in [5, 5.41) is 7.72. The quantitative estimate of drug-likeness (QED) is 0.571. The van der Waals surface area contributed by atoms with Gasteiger partial charge >= 0.3 is 0 Å². The van der Waals surface area contributed by atoms with E-state index in [-0.39, 0.29) is 5.54 Å². The number of nitrogens with zero attached hydrogens (tertiary/aromatic N) is 2. The van der Waals surface area contributed by atoms with Crippen molar-refractivity contribution in [3.8, 4) is 0 Å². The molecule has 2 aliphatic heterocycles. The smallest absolute Gasteiger partial charge is 0.191 e. The average Bonchev–Trinajstić information content (AvgIpc) is 3.16. The molecule has 0 spiro atoms. The van der Waals surface area contributed by atoms with Gasteiger partial charge in [0, 0.05) is 42.5 Å². The number of morpholine rings is 1. The lowest BCUT2D eigenvalue weighted by Gasteiger charge is -2.43. The van der Waals surface area contributed by atoms with Gasteiger partial charge in [-0.1, -0.05) is 29.8 Å². The Morgan fingerprint density at radius 1 is 1.31 bits per heavy atom. The Hall–Kier alpha value is -0.950. The van der Waals surface area contributed by atoms with Gasteiger partial charge in [-0.2, -0.15) is 11.8 Å². The van der Waals surface area contributed by atoms with Gasteiger partial charge in [0.2, 0.25) is 0 Å². The van der Waals surface area contributed by atoms with Crippen LogP contribution in [0.25, 0.3) is 0 Å². The molecule has 5 nitrogen and oxygen atoms in total. The zero-order chi connectivity index (χ0) is 18.2. The van der Waals surface area contributed by atoms with E-state index in [4.69, 9.17) is 21.3 Å². The molecule has 2 N–H and O–H groups in total. The van der Waals surface area contributed by atoms with Crippen LogP contribution in [0.5, 0.6) is 0 Å². The summed E-state index contributed by atoms with van der Waals surface area (Å²) in [5.74, 6) is 3.26. The number of rotatable bonds is 6. The number of aliphatic imine (C=N–C) groups is 1. The minimum atomic E-state index is 0.203. The number of guanidine groups is 1. The van der Waals surface area contributed by atoms with Gasteiger partial charge < -0.3 is 15.4 Å². The van der Waals surface area contributed by atoms with Crippen LogP contribution in [-0.4, -0.2) is 67.3 Å². The number of nitrogens with one attached hydrogen (secondary N) is 2. The van der Waals surface area contributed by atoms with E-state index in [1.807, 2.05) is 24.3 Å². The van der Waals surface area contributed by atoms with Crippen LogP contribution in [0.3, 0.4) is 0 Å². The van der Waals surface area contributed by atoms with E-state index in [0.29, 0.717) is 6.54 Å². The fourth-order valence-electron chi connectivity index (χ4n) is 3.52. The second-order valence-electron chi connectivity index (χ2n) is 6.77. The van der Waals surface area contributed by atoms with Crippen LogP contribution < -0.4 is 10.6 Å². The molecule has 144 valence electrons. The molecule has 1 unspecified atom stereocenters. The fraction of sp³-hybridized carbons (Fsp3) is 0.632. The maximum atomic E-state index is 6.26. The van der Waals surface area contributed by atoms with Crippen LogP contribution in [0.15, 0.2) is 29.3 Å². The zero-order valence-corrected chi connectivity index (χ0v) is 17.0. The van der Waals surface area contributed by atoms with Crippen molar-refractivity contribution in [1.29, 1.82) is 0 Å². The Labute approximate surface area is 165 Å². The molecule has 1 atom stereocenters. The van der Waals surface area contributed by atoms with Gasteiger partial charge in [-0.05, 0) is 30.7 Å². The van der Waals surface area contributed by atoms with Gasteiger partial charge in [0.05, 0.1) is 19.8 Å². The molecule has 2 aliphatic rings. The Morgan fingerprint density at radius 2 is 2.12 bits per heavy atom. The van der Waals surface area contributed by atoms with Gasteiger partial charge in [-0.15, -0.1) is 0 Å². The lowest BCUT2D eigenvalue weighted by molar-refractivity contribution is -0.0120. The van der Waals surface area contributed by atoms with E-state index in [1.54, 1.807) is 0 Å². The highest BCUT2D eigenvalue weighted by Gasteiger charge is 2.40. The van der Waals surface area contributed by atoms with Crippen LogP contribution in [-0.2, 0) is 11.3 Å². The molecule has 0 bridgehead atoms. The van der Waals surface area contributed by atoms with Gasteiger partial charge in [-0.3, -0.25) is 4.90 Å². The number of hydrogen-bond acceptors (Lipinski definition) is 4. The third-order valence-electron chi connectivity index (χ3n) is 5.06. The monoisotopic (exact) mass is 396 g/mol. The van der Waals surface area contributed by atoms with E-state index in [2.05, 4.69) is 34.2 Å². The highest BCUT2D eigenvalue weighted by atomic mass is 35.5. The maximum absolute atomic E-state index is 6.26. The van der Waals surface area contributed by atoms with Crippen LogP contribution in [0.1, 0.15) is 18.9 Å². The number of hydrogen-bond donors (Lipinski definition) is 2. The van der Waals surface area contributed by atoms with Crippen LogP contribution >= 0.6 is 23.4 Å². The maximum Gasteiger partial charge on any atom is 0.191 e. The molecular formula is C19H29ClN4OS. The molecular weight excluding hydrogens is 368 g/mol. The summed E-state index contributed by atoms with van der Waals surface area (Å²) in [6, 6.07) is 7.89. The van der Waals surface area contributed by atoms with E-state index in [1.165, 1.54) is 17.9 Å². The van der Waals surface area contributed by atoms with Crippen LogP contribution in [0.2, 0.25) is 5.02 Å². The normalized spacial score (nSPS) is 24.6. The highest BCUT2D eigenvalue weighted by molar-refractivity contribution is 7.99. The average molecular weight is 397 g/mol. The van der Waals surface area contributed by atoms with E-state index >= 15 is 0 Å². The number of benzene rings is 1. The second-order valence-corrected chi connectivity index (χ2v) is 8.28. The number of ether oxygens (including phenoxy) is 1. The van der Waals surface area contributed by atoms with Crippen molar-refractivity contribution in [1.82, 2.24) is 15.5 Å². The molecule has 1 aromatic carbocycles. The van der Waals surface area contributed by atoms with E-state index in [9.17, 15) is 0 Å². The van der Waals surface area contributed by atoms with Crippen molar-refractivity contribution in [2.24, 2.45) is 4.99 Å². The Bertz CT molecular complexity index is 601. The molecule has 7 heteroatoms.